The summed E-state index contributed by atoms with van der Waals surface area (Å²) in [5.74, 6) is 0. The fourth-order valence-corrected chi connectivity index (χ4v) is 8.13. The molecule has 2 heterocycles. The molecule has 0 aromatic rings. The van der Waals surface area contributed by atoms with E-state index in [2.05, 4.69) is 0 Å². The summed E-state index contributed by atoms with van der Waals surface area (Å²) in [5, 5.41) is 19.7. The van der Waals surface area contributed by atoms with Crippen LogP contribution in [0.5, 0.6) is 0 Å². The highest BCUT2D eigenvalue weighted by Gasteiger charge is 2.40. The van der Waals surface area contributed by atoms with Crippen molar-refractivity contribution < 1.29 is 10.2 Å². The first-order valence-electron chi connectivity index (χ1n) is 3.17. The Morgan fingerprint density at radius 3 is 1.82 bits per heavy atom. The van der Waals surface area contributed by atoms with Crippen molar-refractivity contribution in [3.8, 4) is 0 Å². The summed E-state index contributed by atoms with van der Waals surface area (Å²) in [5.41, 5.74) is -1.18. The van der Waals surface area contributed by atoms with Crippen LogP contribution >= 0.6 is 47.0 Å². The van der Waals surface area contributed by atoms with Crippen LogP contribution in [0, 0.1) is 0 Å². The Bertz CT molecular complexity index is 139. The topological polar surface area (TPSA) is 40.5 Å². The van der Waals surface area contributed by atoms with Gasteiger partial charge in [-0.3, -0.25) is 0 Å². The van der Waals surface area contributed by atoms with E-state index in [0.717, 1.165) is 5.08 Å². The Morgan fingerprint density at radius 1 is 0.909 bits per heavy atom. The monoisotopic (exact) mass is 228 g/mol. The molecule has 0 spiro atoms. The Morgan fingerprint density at radius 2 is 1.36 bits per heavy atom. The smallest absolute Gasteiger partial charge is 0.136 e. The molecule has 6 heteroatoms. The summed E-state index contributed by atoms with van der Waals surface area (Å²) in [6, 6.07) is 0. The molecular formula is C5H8O2S4. The zero-order valence-corrected chi connectivity index (χ0v) is 8.81. The maximum Gasteiger partial charge on any atom is 0.136 e. The molecule has 2 saturated heterocycles. The molecule has 2 aliphatic rings. The van der Waals surface area contributed by atoms with Crippen LogP contribution in [0.4, 0.5) is 0 Å². The Kier molecular flexibility index (Phi) is 2.91. The lowest BCUT2D eigenvalue weighted by Gasteiger charge is -2.30. The van der Waals surface area contributed by atoms with Crippen LogP contribution in [-0.2, 0) is 0 Å². The molecule has 0 bridgehead atoms. The van der Waals surface area contributed by atoms with Crippen molar-refractivity contribution in [2.45, 2.75) is 20.0 Å². The first-order chi connectivity index (χ1) is 5.27. The highest BCUT2D eigenvalue weighted by molar-refractivity contribution is 8.33. The maximum absolute atomic E-state index is 9.29. The lowest BCUT2D eigenvalue weighted by Crippen LogP contribution is -2.31. The summed E-state index contributed by atoms with van der Waals surface area (Å²) < 4.78 is 0.951. The van der Waals surface area contributed by atoms with Crippen LogP contribution in [-0.4, -0.2) is 35.3 Å². The molecule has 0 aliphatic carbocycles. The van der Waals surface area contributed by atoms with Gasteiger partial charge in [0.2, 0.25) is 0 Å². The second-order valence-corrected chi connectivity index (χ2v) is 7.99. The van der Waals surface area contributed by atoms with Gasteiger partial charge in [0.15, 0.2) is 0 Å². The standard InChI is InChI=1S/C5H8O2S4/c6-2-3(7)11-5-4(10-2)8-1-9-5/h2-7H,1H2. The van der Waals surface area contributed by atoms with Crippen molar-refractivity contribution in [1.82, 2.24) is 0 Å². The largest absolute Gasteiger partial charge is 0.379 e. The molecule has 2 rings (SSSR count). The number of aliphatic hydroxyl groups is 2. The van der Waals surface area contributed by atoms with Crippen molar-refractivity contribution >= 4 is 47.0 Å². The van der Waals surface area contributed by atoms with E-state index >= 15 is 0 Å². The van der Waals surface area contributed by atoms with E-state index in [9.17, 15) is 10.2 Å². The molecule has 2 nitrogen and oxygen atoms in total. The molecule has 2 fully saturated rings. The summed E-state index contributed by atoms with van der Waals surface area (Å²) in [4.78, 5) is 0. The van der Waals surface area contributed by atoms with Crippen LogP contribution in [0.2, 0.25) is 0 Å². The third-order valence-electron chi connectivity index (χ3n) is 1.48. The molecular weight excluding hydrogens is 220 g/mol. The molecule has 0 aromatic carbocycles. The van der Waals surface area contributed by atoms with E-state index in [0.29, 0.717) is 9.16 Å². The van der Waals surface area contributed by atoms with Crippen LogP contribution in [0.3, 0.4) is 0 Å². The second-order valence-electron chi connectivity index (χ2n) is 2.24. The van der Waals surface area contributed by atoms with Gasteiger partial charge in [0.1, 0.15) is 10.9 Å². The fraction of sp³-hybridized carbons (Fsp3) is 1.00. The zero-order chi connectivity index (χ0) is 7.84. The van der Waals surface area contributed by atoms with Crippen molar-refractivity contribution in [3.05, 3.63) is 0 Å². The third kappa shape index (κ3) is 1.81. The van der Waals surface area contributed by atoms with E-state index in [1.165, 1.54) is 23.5 Å². The van der Waals surface area contributed by atoms with Gasteiger partial charge in [-0.1, -0.05) is 0 Å². The minimum absolute atomic E-state index is 0.475. The number of rotatable bonds is 0. The molecule has 0 saturated carbocycles. The van der Waals surface area contributed by atoms with Crippen molar-refractivity contribution in [2.24, 2.45) is 0 Å². The molecule has 0 amide bonds. The van der Waals surface area contributed by atoms with E-state index in [1.54, 1.807) is 0 Å². The van der Waals surface area contributed by atoms with E-state index < -0.39 is 10.9 Å². The lowest BCUT2D eigenvalue weighted by molar-refractivity contribution is 0.134. The van der Waals surface area contributed by atoms with Crippen LogP contribution in [0.15, 0.2) is 0 Å². The van der Waals surface area contributed by atoms with Gasteiger partial charge in [-0.25, -0.2) is 0 Å². The average molecular weight is 228 g/mol. The Hall–Kier alpha value is 1.32. The molecule has 2 aliphatic heterocycles. The first-order valence-corrected chi connectivity index (χ1v) is 7.16. The molecule has 0 radical (unpaired) electrons. The highest BCUT2D eigenvalue weighted by Crippen LogP contribution is 2.54. The van der Waals surface area contributed by atoms with Crippen molar-refractivity contribution in [2.75, 3.05) is 5.08 Å². The highest BCUT2D eigenvalue weighted by atomic mass is 32.3. The van der Waals surface area contributed by atoms with E-state index in [-0.39, 0.29) is 0 Å². The predicted molar refractivity (Wildman–Crippen MR) is 54.8 cm³/mol. The minimum Gasteiger partial charge on any atom is -0.379 e. The summed E-state index contributed by atoms with van der Waals surface area (Å²) in [6.07, 6.45) is 0. The van der Waals surface area contributed by atoms with Crippen LogP contribution in [0.25, 0.3) is 0 Å². The van der Waals surface area contributed by atoms with Crippen LogP contribution in [0.1, 0.15) is 0 Å². The van der Waals surface area contributed by atoms with E-state index in [1.807, 2.05) is 23.5 Å². The molecule has 2 N–H and O–H groups in total. The zero-order valence-electron chi connectivity index (χ0n) is 5.54. The van der Waals surface area contributed by atoms with Crippen molar-refractivity contribution in [3.63, 3.8) is 0 Å². The van der Waals surface area contributed by atoms with Crippen molar-refractivity contribution in [1.29, 1.82) is 0 Å². The maximum atomic E-state index is 9.29. The molecule has 11 heavy (non-hydrogen) atoms. The number of hydrogen-bond acceptors (Lipinski definition) is 6. The summed E-state index contributed by atoms with van der Waals surface area (Å²) >= 11 is 6.72. The number of hydrogen-bond donors (Lipinski definition) is 2. The van der Waals surface area contributed by atoms with Gasteiger partial charge in [0.05, 0.1) is 9.16 Å². The van der Waals surface area contributed by atoms with Gasteiger partial charge in [-0.15, -0.1) is 47.0 Å². The molecule has 4 unspecified atom stereocenters. The van der Waals surface area contributed by atoms with Gasteiger partial charge in [-0.05, 0) is 0 Å². The predicted octanol–water partition coefficient (Wildman–Crippen LogP) is 1.19. The fourth-order valence-electron chi connectivity index (χ4n) is 0.947. The first kappa shape index (κ1) is 8.90. The average Bonchev–Trinajstić information content (AvgIpc) is 2.36. The molecule has 4 atom stereocenters. The third-order valence-corrected chi connectivity index (χ3v) is 8.27. The SMILES string of the molecule is OC1SC2SCSC2SC1O. The normalized spacial score (nSPS) is 50.7. The number of thioether (sulfide) groups is 4. The lowest BCUT2D eigenvalue weighted by atomic mass is 10.8. The number of fused-ring (bicyclic) bond motifs is 1. The number of aliphatic hydroxyl groups excluding tert-OH is 2. The van der Waals surface area contributed by atoms with Gasteiger partial charge in [0.25, 0.3) is 0 Å². The molecule has 0 aromatic heterocycles. The minimum atomic E-state index is -0.590. The Balaban J connectivity index is 2.00. The Labute approximate surface area is 82.3 Å². The van der Waals surface area contributed by atoms with Gasteiger partial charge >= 0.3 is 0 Å². The van der Waals surface area contributed by atoms with Gasteiger partial charge in [0, 0.05) is 5.08 Å². The summed E-state index contributed by atoms with van der Waals surface area (Å²) in [7, 11) is 0. The quantitative estimate of drug-likeness (QED) is 0.649. The second kappa shape index (κ2) is 3.59. The van der Waals surface area contributed by atoms with E-state index in [4.69, 9.17) is 0 Å². The summed E-state index contributed by atoms with van der Waals surface area (Å²) in [6.45, 7) is 0. The van der Waals surface area contributed by atoms with Gasteiger partial charge < -0.3 is 10.2 Å². The van der Waals surface area contributed by atoms with Gasteiger partial charge in [-0.2, -0.15) is 0 Å². The van der Waals surface area contributed by atoms with Crippen LogP contribution < -0.4 is 0 Å². The molecule has 64 valence electrons.